The molecule has 0 aromatic heterocycles. The van der Waals surface area contributed by atoms with Gasteiger partial charge in [-0.2, -0.15) is 0 Å². The maximum atomic E-state index is 12.3. The van der Waals surface area contributed by atoms with Crippen molar-refractivity contribution in [3.8, 4) is 0 Å². The van der Waals surface area contributed by atoms with E-state index < -0.39 is 16.2 Å². The molecule has 0 aliphatic rings. The first-order valence-electron chi connectivity index (χ1n) is 9.61. The lowest BCUT2D eigenvalue weighted by molar-refractivity contribution is 0.188. The predicted octanol–water partition coefficient (Wildman–Crippen LogP) is 5.74. The molecule has 0 unspecified atom stereocenters. The fourth-order valence-electron chi connectivity index (χ4n) is 2.82. The summed E-state index contributed by atoms with van der Waals surface area (Å²) in [5, 5.41) is 0. The first-order valence-corrected chi connectivity index (χ1v) is 13.9. The predicted molar refractivity (Wildman–Crippen MR) is 103 cm³/mol. The summed E-state index contributed by atoms with van der Waals surface area (Å²) in [5.41, 5.74) is 0. The van der Waals surface area contributed by atoms with Crippen molar-refractivity contribution in [1.82, 2.24) is 0 Å². The molecule has 0 aliphatic carbocycles. The molecule has 0 heterocycles. The molecule has 7 heteroatoms. The Morgan fingerprint density at radius 3 is 1.62 bits per heavy atom. The van der Waals surface area contributed by atoms with Crippen molar-refractivity contribution < 1.29 is 22.5 Å². The Morgan fingerprint density at radius 1 is 0.708 bits per heavy atom. The largest absolute Gasteiger partial charge is 0.395 e. The average Bonchev–Trinajstić information content (AvgIpc) is 2.51. The van der Waals surface area contributed by atoms with Crippen molar-refractivity contribution in [2.45, 2.75) is 78.8 Å². The lowest BCUT2D eigenvalue weighted by Crippen LogP contribution is -2.38. The van der Waals surface area contributed by atoms with Gasteiger partial charge in [0.05, 0.1) is 19.4 Å². The van der Waals surface area contributed by atoms with Crippen LogP contribution >= 0.6 is 7.60 Å². The molecular weight excluding hydrogens is 343 g/mol. The van der Waals surface area contributed by atoms with Crippen molar-refractivity contribution in [2.75, 3.05) is 32.6 Å². The zero-order valence-corrected chi connectivity index (χ0v) is 18.4. The van der Waals surface area contributed by atoms with Crippen molar-refractivity contribution in [3.05, 3.63) is 0 Å². The highest BCUT2D eigenvalue weighted by atomic mass is 31.2. The second-order valence-electron chi connectivity index (χ2n) is 6.04. The number of unbranched alkanes of at least 4 members (excludes halogenated alkanes) is 5. The minimum Gasteiger partial charge on any atom is -0.395 e. The molecule has 0 bridgehead atoms. The molecule has 0 aromatic carbocycles. The molecule has 0 amide bonds. The summed E-state index contributed by atoms with van der Waals surface area (Å²) >= 11 is 0. The van der Waals surface area contributed by atoms with E-state index in [-0.39, 0.29) is 0 Å². The normalized spacial score (nSPS) is 12.7. The van der Waals surface area contributed by atoms with Crippen LogP contribution in [-0.4, -0.2) is 41.2 Å². The van der Waals surface area contributed by atoms with E-state index in [9.17, 15) is 4.57 Å². The smallest absolute Gasteiger partial charge is 0.334 e. The summed E-state index contributed by atoms with van der Waals surface area (Å²) < 4.78 is 34.6. The van der Waals surface area contributed by atoms with Gasteiger partial charge in [-0.25, -0.2) is 0 Å². The molecule has 146 valence electrons. The SMILES string of the molecule is CCO[Si](C)(CCCCCCCCP(=O)(OCC)OCC)OCC. The standard InChI is InChI=1S/C17H39O5PSi/c1-6-19-23(18,20-7-2)16-14-12-10-11-13-15-17-24(5,21-8-3)22-9-4/h6-17H2,1-5H3. The van der Waals surface area contributed by atoms with Crippen LogP contribution in [0.15, 0.2) is 0 Å². The first kappa shape index (κ1) is 24.3. The zero-order valence-electron chi connectivity index (χ0n) is 16.5. The van der Waals surface area contributed by atoms with Gasteiger partial charge < -0.3 is 17.9 Å². The summed E-state index contributed by atoms with van der Waals surface area (Å²) in [7, 11) is -4.78. The van der Waals surface area contributed by atoms with Crippen LogP contribution in [-0.2, 0) is 22.5 Å². The van der Waals surface area contributed by atoms with Gasteiger partial charge in [0.25, 0.3) is 0 Å². The van der Waals surface area contributed by atoms with Crippen molar-refractivity contribution in [3.63, 3.8) is 0 Å². The number of rotatable bonds is 17. The second kappa shape index (κ2) is 14.5. The van der Waals surface area contributed by atoms with Crippen LogP contribution in [0.4, 0.5) is 0 Å². The lowest BCUT2D eigenvalue weighted by atomic mass is 10.1. The Morgan fingerprint density at radius 2 is 1.17 bits per heavy atom. The van der Waals surface area contributed by atoms with E-state index in [4.69, 9.17) is 17.9 Å². The number of hydrogen-bond donors (Lipinski definition) is 0. The molecule has 0 saturated carbocycles. The Balaban J connectivity index is 3.77. The van der Waals surface area contributed by atoms with E-state index in [0.717, 1.165) is 32.1 Å². The summed E-state index contributed by atoms with van der Waals surface area (Å²) in [6.07, 6.45) is 7.26. The van der Waals surface area contributed by atoms with Crippen molar-refractivity contribution in [2.24, 2.45) is 0 Å². The van der Waals surface area contributed by atoms with E-state index >= 15 is 0 Å². The van der Waals surface area contributed by atoms with Gasteiger partial charge in [-0.15, -0.1) is 0 Å². The minimum atomic E-state index is -2.85. The topological polar surface area (TPSA) is 54.0 Å². The van der Waals surface area contributed by atoms with E-state index in [1.807, 2.05) is 27.7 Å². The third-order valence-corrected chi connectivity index (χ3v) is 9.09. The minimum absolute atomic E-state index is 0.444. The van der Waals surface area contributed by atoms with Gasteiger partial charge in [0, 0.05) is 13.2 Å². The van der Waals surface area contributed by atoms with Gasteiger partial charge in [0.15, 0.2) is 0 Å². The maximum absolute atomic E-state index is 12.3. The molecule has 24 heavy (non-hydrogen) atoms. The fourth-order valence-corrected chi connectivity index (χ4v) is 7.03. The third kappa shape index (κ3) is 11.8. The molecule has 0 aromatic rings. The molecule has 0 saturated heterocycles. The van der Waals surface area contributed by atoms with Crippen molar-refractivity contribution >= 4 is 16.2 Å². The molecule has 0 N–H and O–H groups in total. The Kier molecular flexibility index (Phi) is 14.6. The summed E-state index contributed by atoms with van der Waals surface area (Å²) in [6, 6.07) is 1.07. The summed E-state index contributed by atoms with van der Waals surface area (Å²) in [4.78, 5) is 0. The molecule has 0 spiro atoms. The van der Waals surface area contributed by atoms with E-state index in [1.165, 1.54) is 25.7 Å². The van der Waals surface area contributed by atoms with Gasteiger partial charge in [0.2, 0.25) is 0 Å². The van der Waals surface area contributed by atoms with E-state index in [1.54, 1.807) is 0 Å². The third-order valence-electron chi connectivity index (χ3n) is 3.86. The molecule has 0 radical (unpaired) electrons. The van der Waals surface area contributed by atoms with Crippen LogP contribution in [0.5, 0.6) is 0 Å². The lowest BCUT2D eigenvalue weighted by Gasteiger charge is -2.25. The molecule has 0 fully saturated rings. The Labute approximate surface area is 150 Å². The quantitative estimate of drug-likeness (QED) is 0.182. The molecule has 0 aliphatic heterocycles. The maximum Gasteiger partial charge on any atom is 0.334 e. The highest BCUT2D eigenvalue weighted by molar-refractivity contribution is 7.53. The van der Waals surface area contributed by atoms with Crippen LogP contribution < -0.4 is 0 Å². The van der Waals surface area contributed by atoms with E-state index in [0.29, 0.717) is 19.4 Å². The van der Waals surface area contributed by atoms with E-state index in [2.05, 4.69) is 6.55 Å². The van der Waals surface area contributed by atoms with Crippen molar-refractivity contribution in [1.29, 1.82) is 0 Å². The monoisotopic (exact) mass is 382 g/mol. The summed E-state index contributed by atoms with van der Waals surface area (Å²) in [5.74, 6) is 0. The average molecular weight is 383 g/mol. The number of hydrogen-bond acceptors (Lipinski definition) is 5. The van der Waals surface area contributed by atoms with Crippen LogP contribution in [0.25, 0.3) is 0 Å². The van der Waals surface area contributed by atoms with Crippen LogP contribution in [0.2, 0.25) is 12.6 Å². The Bertz CT molecular complexity index is 325. The fraction of sp³-hybridized carbons (Fsp3) is 1.00. The van der Waals surface area contributed by atoms with Gasteiger partial charge in [0.1, 0.15) is 0 Å². The summed E-state index contributed by atoms with van der Waals surface area (Å²) in [6.45, 7) is 12.3. The van der Waals surface area contributed by atoms with Crippen LogP contribution in [0, 0.1) is 0 Å². The molecule has 0 rings (SSSR count). The molecular formula is C17H39O5PSi. The highest BCUT2D eigenvalue weighted by Crippen LogP contribution is 2.48. The van der Waals surface area contributed by atoms with Crippen LogP contribution in [0.1, 0.15) is 66.2 Å². The van der Waals surface area contributed by atoms with Crippen LogP contribution in [0.3, 0.4) is 0 Å². The zero-order chi connectivity index (χ0) is 18.3. The first-order chi connectivity index (χ1) is 11.4. The second-order valence-corrected chi connectivity index (χ2v) is 11.6. The Hall–Kier alpha value is 0.287. The van der Waals surface area contributed by atoms with Gasteiger partial charge >= 0.3 is 16.2 Å². The van der Waals surface area contributed by atoms with Gasteiger partial charge in [-0.3, -0.25) is 4.57 Å². The van der Waals surface area contributed by atoms with Gasteiger partial charge in [-0.1, -0.05) is 32.1 Å². The molecule has 5 nitrogen and oxygen atoms in total. The highest BCUT2D eigenvalue weighted by Gasteiger charge is 2.29. The molecule has 0 atom stereocenters. The van der Waals surface area contributed by atoms with Gasteiger partial charge in [-0.05, 0) is 46.7 Å².